The summed E-state index contributed by atoms with van der Waals surface area (Å²) < 4.78 is 0. The Morgan fingerprint density at radius 2 is 1.83 bits per heavy atom. The van der Waals surface area contributed by atoms with Crippen molar-refractivity contribution in [2.24, 2.45) is 5.92 Å². The van der Waals surface area contributed by atoms with Crippen molar-refractivity contribution in [3.8, 4) is 0 Å². The maximum Gasteiger partial charge on any atom is 0.223 e. The van der Waals surface area contributed by atoms with Gasteiger partial charge in [0.05, 0.1) is 0 Å². The second kappa shape index (κ2) is 8.81. The molecule has 0 aromatic rings. The van der Waals surface area contributed by atoms with E-state index in [2.05, 4.69) is 23.6 Å². The van der Waals surface area contributed by atoms with Gasteiger partial charge in [0.15, 0.2) is 0 Å². The lowest BCUT2D eigenvalue weighted by Crippen LogP contribution is -2.47. The fraction of sp³-hybridized carbons (Fsp3) is 0.889. The highest BCUT2D eigenvalue weighted by atomic mass is 16.2. The first-order valence-corrected chi connectivity index (χ1v) is 9.31. The predicted molar refractivity (Wildman–Crippen MR) is 95.8 cm³/mol. The number of likely N-dealkylation sites (tertiary alicyclic amines) is 1. The third-order valence-electron chi connectivity index (χ3n) is 5.18. The largest absolute Gasteiger partial charge is 0.340 e. The maximum atomic E-state index is 12.3. The average molecular weight is 338 g/mol. The smallest absolute Gasteiger partial charge is 0.223 e. The number of hydrogen-bond acceptors (Lipinski definition) is 4. The molecule has 0 aromatic heterocycles. The Morgan fingerprint density at radius 3 is 2.50 bits per heavy atom. The van der Waals surface area contributed by atoms with Crippen molar-refractivity contribution in [1.29, 1.82) is 0 Å². The van der Waals surface area contributed by atoms with Gasteiger partial charge in [-0.2, -0.15) is 0 Å². The van der Waals surface area contributed by atoms with Crippen LogP contribution < -0.4 is 0 Å². The van der Waals surface area contributed by atoms with Crippen LogP contribution in [0.15, 0.2) is 0 Å². The highest BCUT2D eigenvalue weighted by molar-refractivity contribution is 5.77. The van der Waals surface area contributed by atoms with E-state index in [1.54, 1.807) is 0 Å². The highest BCUT2D eigenvalue weighted by Gasteiger charge is 2.29. The standard InChI is InChI=1S/C18H34N4O2/c1-15(2)22-14-16(5-6-18(22)24)13-20-8-7-17(23)21(12-10-20)11-9-19(3)4/h15-16H,5-14H2,1-4H3. The third kappa shape index (κ3) is 5.45. The molecule has 0 N–H and O–H groups in total. The average Bonchev–Trinajstić information content (AvgIpc) is 2.69. The zero-order valence-corrected chi connectivity index (χ0v) is 15.8. The first-order chi connectivity index (χ1) is 11.4. The fourth-order valence-electron chi connectivity index (χ4n) is 3.61. The van der Waals surface area contributed by atoms with E-state index in [-0.39, 0.29) is 11.9 Å². The van der Waals surface area contributed by atoms with E-state index in [0.717, 1.165) is 52.2 Å². The fourth-order valence-corrected chi connectivity index (χ4v) is 3.61. The summed E-state index contributed by atoms with van der Waals surface area (Å²) in [5.41, 5.74) is 0. The molecule has 0 aromatic carbocycles. The molecule has 2 saturated heterocycles. The summed E-state index contributed by atoms with van der Waals surface area (Å²) in [6, 6.07) is 0.285. The van der Waals surface area contributed by atoms with Gasteiger partial charge in [0.2, 0.25) is 11.8 Å². The minimum Gasteiger partial charge on any atom is -0.340 e. The van der Waals surface area contributed by atoms with E-state index in [9.17, 15) is 9.59 Å². The molecule has 0 aliphatic carbocycles. The first kappa shape index (κ1) is 19.2. The Labute approximate surface area is 146 Å². The zero-order valence-electron chi connectivity index (χ0n) is 15.8. The molecule has 2 aliphatic heterocycles. The van der Waals surface area contributed by atoms with Crippen molar-refractivity contribution in [2.75, 3.05) is 59.9 Å². The van der Waals surface area contributed by atoms with Gasteiger partial charge in [0.1, 0.15) is 0 Å². The Kier molecular flexibility index (Phi) is 7.04. The number of likely N-dealkylation sites (N-methyl/N-ethyl adjacent to an activating group) is 1. The normalized spacial score (nSPS) is 24.2. The molecular weight excluding hydrogens is 304 g/mol. The van der Waals surface area contributed by atoms with Crippen molar-refractivity contribution in [3.63, 3.8) is 0 Å². The summed E-state index contributed by atoms with van der Waals surface area (Å²) in [5, 5.41) is 0. The number of piperidine rings is 1. The monoisotopic (exact) mass is 338 g/mol. The number of amides is 2. The van der Waals surface area contributed by atoms with Crippen LogP contribution in [0.3, 0.4) is 0 Å². The van der Waals surface area contributed by atoms with Crippen LogP contribution in [0.1, 0.15) is 33.1 Å². The number of carbonyl (C=O) groups is 2. The molecule has 24 heavy (non-hydrogen) atoms. The zero-order chi connectivity index (χ0) is 17.7. The second-order valence-electron chi connectivity index (χ2n) is 7.78. The molecule has 2 amide bonds. The third-order valence-corrected chi connectivity index (χ3v) is 5.18. The Balaban J connectivity index is 1.83. The minimum atomic E-state index is 0.280. The number of hydrogen-bond donors (Lipinski definition) is 0. The van der Waals surface area contributed by atoms with E-state index in [4.69, 9.17) is 0 Å². The molecule has 138 valence electrons. The molecule has 1 unspecified atom stereocenters. The first-order valence-electron chi connectivity index (χ1n) is 9.31. The van der Waals surface area contributed by atoms with Gasteiger partial charge in [-0.15, -0.1) is 0 Å². The molecule has 2 fully saturated rings. The lowest BCUT2D eigenvalue weighted by atomic mass is 9.95. The lowest BCUT2D eigenvalue weighted by molar-refractivity contribution is -0.137. The molecule has 2 aliphatic rings. The number of nitrogens with zero attached hydrogens (tertiary/aromatic N) is 4. The van der Waals surface area contributed by atoms with Gasteiger partial charge >= 0.3 is 0 Å². The van der Waals surface area contributed by atoms with Crippen molar-refractivity contribution in [2.45, 2.75) is 39.2 Å². The highest BCUT2D eigenvalue weighted by Crippen LogP contribution is 2.21. The van der Waals surface area contributed by atoms with E-state index in [1.807, 2.05) is 23.9 Å². The Hall–Kier alpha value is -1.14. The van der Waals surface area contributed by atoms with Crippen LogP contribution in [0.5, 0.6) is 0 Å². The molecule has 6 nitrogen and oxygen atoms in total. The van der Waals surface area contributed by atoms with Crippen molar-refractivity contribution in [1.82, 2.24) is 19.6 Å². The van der Waals surface area contributed by atoms with Gasteiger partial charge in [0.25, 0.3) is 0 Å². The van der Waals surface area contributed by atoms with Crippen molar-refractivity contribution in [3.05, 3.63) is 0 Å². The summed E-state index contributed by atoms with van der Waals surface area (Å²) in [6.07, 6.45) is 2.27. The second-order valence-corrected chi connectivity index (χ2v) is 7.78. The quantitative estimate of drug-likeness (QED) is 0.716. The van der Waals surface area contributed by atoms with Gasteiger partial charge in [0, 0.05) is 64.7 Å². The molecule has 2 heterocycles. The van der Waals surface area contributed by atoms with Crippen LogP contribution in [-0.4, -0.2) is 97.4 Å². The molecule has 0 saturated carbocycles. The van der Waals surface area contributed by atoms with Crippen LogP contribution in [-0.2, 0) is 9.59 Å². The predicted octanol–water partition coefficient (Wildman–Crippen LogP) is 0.729. The van der Waals surface area contributed by atoms with E-state index in [1.165, 1.54) is 0 Å². The minimum absolute atomic E-state index is 0.280. The van der Waals surface area contributed by atoms with Crippen LogP contribution in [0, 0.1) is 5.92 Å². The summed E-state index contributed by atoms with van der Waals surface area (Å²) in [5.74, 6) is 1.11. The molecule has 0 spiro atoms. The van der Waals surface area contributed by atoms with Gasteiger partial charge in [-0.25, -0.2) is 0 Å². The molecule has 2 rings (SSSR count). The number of carbonyl (C=O) groups excluding carboxylic acids is 2. The number of rotatable bonds is 6. The van der Waals surface area contributed by atoms with Crippen molar-refractivity contribution < 1.29 is 9.59 Å². The Morgan fingerprint density at radius 1 is 1.08 bits per heavy atom. The molecule has 6 heteroatoms. The summed E-state index contributed by atoms with van der Waals surface area (Å²) in [7, 11) is 4.08. The molecule has 0 bridgehead atoms. The van der Waals surface area contributed by atoms with Gasteiger partial charge in [-0.05, 0) is 40.3 Å². The summed E-state index contributed by atoms with van der Waals surface area (Å²) >= 11 is 0. The molecule has 1 atom stereocenters. The van der Waals surface area contributed by atoms with Crippen LogP contribution in [0.4, 0.5) is 0 Å². The van der Waals surface area contributed by atoms with Gasteiger partial charge < -0.3 is 19.6 Å². The van der Waals surface area contributed by atoms with E-state index >= 15 is 0 Å². The lowest BCUT2D eigenvalue weighted by Gasteiger charge is -2.37. The van der Waals surface area contributed by atoms with E-state index < -0.39 is 0 Å². The Bertz CT molecular complexity index is 439. The van der Waals surface area contributed by atoms with Gasteiger partial charge in [-0.1, -0.05) is 0 Å². The summed E-state index contributed by atoms with van der Waals surface area (Å²) in [6.45, 7) is 10.4. The molecule has 0 radical (unpaired) electrons. The van der Waals surface area contributed by atoms with Crippen LogP contribution in [0.25, 0.3) is 0 Å². The van der Waals surface area contributed by atoms with E-state index in [0.29, 0.717) is 24.7 Å². The van der Waals surface area contributed by atoms with Crippen LogP contribution >= 0.6 is 0 Å². The van der Waals surface area contributed by atoms with Crippen LogP contribution in [0.2, 0.25) is 0 Å². The van der Waals surface area contributed by atoms with Crippen molar-refractivity contribution >= 4 is 11.8 Å². The summed E-state index contributed by atoms with van der Waals surface area (Å²) in [4.78, 5) is 32.8. The maximum absolute atomic E-state index is 12.3. The SMILES string of the molecule is CC(C)N1CC(CN2CCC(=O)N(CCN(C)C)CC2)CCC1=O. The topological polar surface area (TPSA) is 47.1 Å². The van der Waals surface area contributed by atoms with Gasteiger partial charge in [-0.3, -0.25) is 9.59 Å². The molecular formula is C18H34N4O2.